The maximum absolute atomic E-state index is 11.8. The average Bonchev–Trinajstić information content (AvgIpc) is 3.03. The molecule has 1 heterocycles. The monoisotopic (exact) mass is 377 g/mol. The molecule has 0 aliphatic carbocycles. The lowest BCUT2D eigenvalue weighted by atomic mass is 10.2. The normalized spacial score (nSPS) is 15.8. The molecule has 1 amide bonds. The number of para-hydroxylation sites is 1. The number of hydrogen-bond donors (Lipinski definition) is 1. The molecule has 0 saturated carbocycles. The van der Waals surface area contributed by atoms with Gasteiger partial charge in [-0.05, 0) is 66.2 Å². The second kappa shape index (κ2) is 7.47. The molecule has 3 aromatic rings. The number of carbonyl (C=O) groups excluding carboxylic acids is 1. The third-order valence-corrected chi connectivity index (χ3v) is 4.97. The number of ether oxygens (including phenoxy) is 2. The first kappa shape index (κ1) is 17.1. The summed E-state index contributed by atoms with van der Waals surface area (Å²) in [4.78, 5) is 11.7. The smallest absolute Gasteiger partial charge is 0.257 e. The van der Waals surface area contributed by atoms with Crippen LogP contribution in [0.2, 0.25) is 0 Å². The maximum atomic E-state index is 11.8. The van der Waals surface area contributed by atoms with E-state index in [0.29, 0.717) is 22.0 Å². The lowest BCUT2D eigenvalue weighted by molar-refractivity contribution is -0.114. The number of rotatable bonds is 5. The lowest BCUT2D eigenvalue weighted by Gasteiger charge is -2.09. The second-order valence-corrected chi connectivity index (χ2v) is 6.94. The minimum absolute atomic E-state index is 0.346. The molecule has 6 heteroatoms. The van der Waals surface area contributed by atoms with Crippen LogP contribution >= 0.6 is 0 Å². The summed E-state index contributed by atoms with van der Waals surface area (Å²) in [5.41, 5.74) is 0.714. The highest BCUT2D eigenvalue weighted by atomic mass is 32.2. The van der Waals surface area contributed by atoms with Gasteiger partial charge in [0.15, 0.2) is 11.0 Å². The fourth-order valence-electron chi connectivity index (χ4n) is 2.56. The first-order valence-corrected chi connectivity index (χ1v) is 9.38. The number of hydrogen-bond acceptors (Lipinski definition) is 4. The van der Waals surface area contributed by atoms with Crippen molar-refractivity contribution < 1.29 is 18.5 Å². The Hall–Kier alpha value is -3.38. The summed E-state index contributed by atoms with van der Waals surface area (Å²) < 4.78 is 25.7. The Labute approximate surface area is 158 Å². The van der Waals surface area contributed by atoms with Crippen molar-refractivity contribution in [3.8, 4) is 23.0 Å². The number of carbonyl (C=O) groups is 1. The molecule has 0 bridgehead atoms. The van der Waals surface area contributed by atoms with Gasteiger partial charge in [-0.3, -0.25) is 9.52 Å². The summed E-state index contributed by atoms with van der Waals surface area (Å²) in [7, 11) is -1.50. The quantitative estimate of drug-likeness (QED) is 0.715. The Morgan fingerprint density at radius 2 is 1.15 bits per heavy atom. The van der Waals surface area contributed by atoms with Crippen LogP contribution in [0.1, 0.15) is 5.56 Å². The minimum Gasteiger partial charge on any atom is -0.457 e. The standard InChI is InChI=1S/C21H15NO4S/c23-21-14-20(27(24)22-21)15-6-8-17(9-7-15)26-19-12-10-18(11-13-19)25-16-4-2-1-3-5-16/h1-14H,(H,22,23). The number of benzene rings is 3. The van der Waals surface area contributed by atoms with Crippen molar-refractivity contribution in [2.24, 2.45) is 0 Å². The Bertz CT molecular complexity index is 1010. The van der Waals surface area contributed by atoms with Gasteiger partial charge < -0.3 is 9.47 Å². The summed E-state index contributed by atoms with van der Waals surface area (Å²) in [6.45, 7) is 0. The highest BCUT2D eigenvalue weighted by Crippen LogP contribution is 2.28. The Balaban J connectivity index is 1.42. The van der Waals surface area contributed by atoms with Crippen LogP contribution in [0.4, 0.5) is 0 Å². The SMILES string of the molecule is O=C1C=C(c2ccc(Oc3ccc(Oc4ccccc4)cc3)cc2)S(=O)N1. The molecular weight excluding hydrogens is 362 g/mol. The van der Waals surface area contributed by atoms with Crippen LogP contribution in [0.5, 0.6) is 23.0 Å². The second-order valence-electron chi connectivity index (χ2n) is 5.76. The first-order valence-electron chi connectivity index (χ1n) is 8.23. The third-order valence-electron chi connectivity index (χ3n) is 3.83. The van der Waals surface area contributed by atoms with Crippen LogP contribution in [-0.4, -0.2) is 10.1 Å². The van der Waals surface area contributed by atoms with Crippen molar-refractivity contribution in [1.82, 2.24) is 4.72 Å². The van der Waals surface area contributed by atoms with Crippen molar-refractivity contribution in [2.75, 3.05) is 0 Å². The minimum atomic E-state index is -1.50. The van der Waals surface area contributed by atoms with Gasteiger partial charge >= 0.3 is 0 Å². The van der Waals surface area contributed by atoms with E-state index in [1.807, 2.05) is 54.6 Å². The summed E-state index contributed by atoms with van der Waals surface area (Å²) >= 11 is 0. The highest BCUT2D eigenvalue weighted by Gasteiger charge is 2.20. The van der Waals surface area contributed by atoms with E-state index in [2.05, 4.69) is 4.72 Å². The van der Waals surface area contributed by atoms with Gasteiger partial charge in [-0.15, -0.1) is 0 Å². The molecule has 0 spiro atoms. The zero-order valence-corrected chi connectivity index (χ0v) is 14.9. The van der Waals surface area contributed by atoms with Crippen LogP contribution in [0, 0.1) is 0 Å². The average molecular weight is 377 g/mol. The molecule has 3 aromatic carbocycles. The van der Waals surface area contributed by atoms with Gasteiger partial charge in [0.05, 0.1) is 4.91 Å². The van der Waals surface area contributed by atoms with Gasteiger partial charge in [0, 0.05) is 6.08 Å². The van der Waals surface area contributed by atoms with Crippen LogP contribution in [0.3, 0.4) is 0 Å². The molecule has 1 aliphatic rings. The third kappa shape index (κ3) is 4.07. The molecular formula is C21H15NO4S. The summed E-state index contributed by atoms with van der Waals surface area (Å²) in [5, 5.41) is 0. The molecule has 4 rings (SSSR count). The van der Waals surface area contributed by atoms with Gasteiger partial charge in [-0.2, -0.15) is 0 Å². The molecule has 0 saturated heterocycles. The van der Waals surface area contributed by atoms with E-state index in [1.165, 1.54) is 6.08 Å². The van der Waals surface area contributed by atoms with Crippen LogP contribution < -0.4 is 14.2 Å². The largest absolute Gasteiger partial charge is 0.457 e. The van der Waals surface area contributed by atoms with E-state index in [0.717, 1.165) is 11.5 Å². The van der Waals surface area contributed by atoms with Gasteiger partial charge in [-0.25, -0.2) is 4.21 Å². The molecule has 0 aromatic heterocycles. The van der Waals surface area contributed by atoms with Gasteiger partial charge in [0.2, 0.25) is 0 Å². The molecule has 1 unspecified atom stereocenters. The van der Waals surface area contributed by atoms with Crippen molar-refractivity contribution >= 4 is 21.8 Å². The molecule has 1 atom stereocenters. The Kier molecular flexibility index (Phi) is 4.72. The molecule has 134 valence electrons. The van der Waals surface area contributed by atoms with Gasteiger partial charge in [-0.1, -0.05) is 18.2 Å². The van der Waals surface area contributed by atoms with E-state index in [1.54, 1.807) is 24.3 Å². The predicted molar refractivity (Wildman–Crippen MR) is 104 cm³/mol. The van der Waals surface area contributed by atoms with E-state index in [9.17, 15) is 9.00 Å². The van der Waals surface area contributed by atoms with Crippen molar-refractivity contribution in [3.05, 3.63) is 90.5 Å². The number of nitrogens with one attached hydrogen (secondary N) is 1. The number of amides is 1. The van der Waals surface area contributed by atoms with Crippen molar-refractivity contribution in [3.63, 3.8) is 0 Å². The van der Waals surface area contributed by atoms with Crippen molar-refractivity contribution in [2.45, 2.75) is 0 Å². The highest BCUT2D eigenvalue weighted by molar-refractivity contribution is 7.93. The topological polar surface area (TPSA) is 64.6 Å². The predicted octanol–water partition coefficient (Wildman–Crippen LogP) is 4.41. The summed E-state index contributed by atoms with van der Waals surface area (Å²) in [6.07, 6.45) is 1.34. The summed E-state index contributed by atoms with van der Waals surface area (Å²) in [6, 6.07) is 23.9. The lowest BCUT2D eigenvalue weighted by Crippen LogP contribution is -2.16. The van der Waals surface area contributed by atoms with Crippen LogP contribution in [0.15, 0.2) is 84.9 Å². The van der Waals surface area contributed by atoms with Crippen LogP contribution in [-0.2, 0) is 15.8 Å². The van der Waals surface area contributed by atoms with E-state index in [4.69, 9.17) is 9.47 Å². The van der Waals surface area contributed by atoms with Crippen molar-refractivity contribution in [1.29, 1.82) is 0 Å². The zero-order chi connectivity index (χ0) is 18.6. The molecule has 0 radical (unpaired) electrons. The van der Waals surface area contributed by atoms with E-state index in [-0.39, 0.29) is 5.91 Å². The van der Waals surface area contributed by atoms with Gasteiger partial charge in [0.1, 0.15) is 23.0 Å². The van der Waals surface area contributed by atoms with E-state index < -0.39 is 11.0 Å². The Morgan fingerprint density at radius 1 is 0.667 bits per heavy atom. The maximum Gasteiger partial charge on any atom is 0.257 e. The fourth-order valence-corrected chi connectivity index (χ4v) is 3.48. The molecule has 1 N–H and O–H groups in total. The zero-order valence-electron chi connectivity index (χ0n) is 14.1. The van der Waals surface area contributed by atoms with E-state index >= 15 is 0 Å². The van der Waals surface area contributed by atoms with Gasteiger partial charge in [0.25, 0.3) is 5.91 Å². The fraction of sp³-hybridized carbons (Fsp3) is 0. The Morgan fingerprint density at radius 3 is 1.63 bits per heavy atom. The molecule has 1 aliphatic heterocycles. The van der Waals surface area contributed by atoms with Crippen LogP contribution in [0.25, 0.3) is 4.91 Å². The summed E-state index contributed by atoms with van der Waals surface area (Å²) in [5.74, 6) is 2.45. The molecule has 27 heavy (non-hydrogen) atoms. The first-order chi connectivity index (χ1) is 13.2. The molecule has 0 fully saturated rings. The molecule has 5 nitrogen and oxygen atoms in total.